The Hall–Kier alpha value is -3.05. The molecule has 3 aliphatic rings. The number of aromatic nitrogens is 1. The predicted octanol–water partition coefficient (Wildman–Crippen LogP) is 6.60. The molecule has 1 N–H and O–H groups in total. The molecule has 194 valence electrons. The highest BCUT2D eigenvalue weighted by Crippen LogP contribution is 2.54. The highest BCUT2D eigenvalue weighted by molar-refractivity contribution is 5.88. The molecule has 0 unspecified atom stereocenters. The average molecular weight is 499 g/mol. The number of nitrogens with one attached hydrogen (secondary N) is 1. The first-order valence-corrected chi connectivity index (χ1v) is 13.8. The molecular weight excluding hydrogens is 460 g/mol. The first-order chi connectivity index (χ1) is 17.9. The molecular formula is C32H38N2O3. The van der Waals surface area contributed by atoms with Crippen LogP contribution in [-0.2, 0) is 16.0 Å². The Labute approximate surface area is 219 Å². The molecule has 0 saturated carbocycles. The Kier molecular flexibility index (Phi) is 6.36. The van der Waals surface area contributed by atoms with Gasteiger partial charge in [-0.05, 0) is 64.2 Å². The first kappa shape index (κ1) is 24.3. The van der Waals surface area contributed by atoms with Crippen molar-refractivity contribution in [1.82, 2.24) is 9.88 Å². The number of fused-ring (bicyclic) bond motifs is 5. The van der Waals surface area contributed by atoms with E-state index < -0.39 is 0 Å². The molecule has 2 saturated heterocycles. The fourth-order valence-corrected chi connectivity index (χ4v) is 6.81. The minimum absolute atomic E-state index is 0.0522. The van der Waals surface area contributed by atoms with Gasteiger partial charge >= 0.3 is 0 Å². The molecule has 0 radical (unpaired) electrons. The van der Waals surface area contributed by atoms with E-state index in [0.29, 0.717) is 12.3 Å². The molecule has 4 heterocycles. The fourth-order valence-electron chi connectivity index (χ4n) is 6.81. The molecule has 37 heavy (non-hydrogen) atoms. The second-order valence-electron chi connectivity index (χ2n) is 11.6. The zero-order valence-electron chi connectivity index (χ0n) is 22.2. The van der Waals surface area contributed by atoms with Gasteiger partial charge < -0.3 is 19.4 Å². The van der Waals surface area contributed by atoms with Gasteiger partial charge in [0.15, 0.2) is 0 Å². The number of carbonyl (C=O) groups is 1. The first-order valence-electron chi connectivity index (χ1n) is 13.8. The summed E-state index contributed by atoms with van der Waals surface area (Å²) in [5.74, 6) is 1.77. The minimum Gasteiger partial charge on any atom is -0.487 e. The van der Waals surface area contributed by atoms with Crippen molar-refractivity contribution in [2.45, 2.75) is 70.7 Å². The molecule has 0 bridgehead atoms. The van der Waals surface area contributed by atoms with Crippen LogP contribution in [0.2, 0.25) is 0 Å². The summed E-state index contributed by atoms with van der Waals surface area (Å²) in [5, 5.41) is 1.14. The maximum Gasteiger partial charge on any atom is 0.227 e. The van der Waals surface area contributed by atoms with Crippen molar-refractivity contribution < 1.29 is 14.3 Å². The Morgan fingerprint density at radius 3 is 2.84 bits per heavy atom. The molecule has 5 atom stereocenters. The van der Waals surface area contributed by atoms with Gasteiger partial charge in [-0.3, -0.25) is 4.79 Å². The Balaban J connectivity index is 1.20. The van der Waals surface area contributed by atoms with E-state index in [1.807, 2.05) is 18.3 Å². The standard InChI is InChI=1S/C32H38N2O3/c1-21(2)9-8-15-32(3)26-17-23-20-34(30(35)18-22-19-33-27-12-6-4-10-24(22)27)16-14-28(23)36-31(26)25-11-5-7-13-29(25)37-32/h4-7,9-13,19,23,26,28,31,33H,8,14-18,20H2,1-3H3/t23-,26-,28-,31+,32+/m0/s1. The Bertz CT molecular complexity index is 1320. The normalized spacial score (nSPS) is 28.6. The number of para-hydroxylation sites is 2. The molecule has 2 fully saturated rings. The van der Waals surface area contributed by atoms with Crippen LogP contribution < -0.4 is 4.74 Å². The molecule has 5 heteroatoms. The molecule has 3 aromatic rings. The molecule has 2 aromatic carbocycles. The lowest BCUT2D eigenvalue weighted by Crippen LogP contribution is -2.57. The lowest BCUT2D eigenvalue weighted by Gasteiger charge is -2.54. The lowest BCUT2D eigenvalue weighted by molar-refractivity contribution is -0.193. The van der Waals surface area contributed by atoms with Gasteiger partial charge in [-0.25, -0.2) is 0 Å². The summed E-state index contributed by atoms with van der Waals surface area (Å²) in [4.78, 5) is 18.8. The smallest absolute Gasteiger partial charge is 0.227 e. The lowest BCUT2D eigenvalue weighted by atomic mass is 9.68. The summed E-state index contributed by atoms with van der Waals surface area (Å²) < 4.78 is 13.6. The number of aromatic amines is 1. The number of likely N-dealkylation sites (tertiary alicyclic amines) is 1. The molecule has 6 rings (SSSR count). The van der Waals surface area contributed by atoms with E-state index in [2.05, 4.69) is 73.1 Å². The fraction of sp³-hybridized carbons (Fsp3) is 0.469. The second-order valence-corrected chi connectivity index (χ2v) is 11.6. The number of carbonyl (C=O) groups excluding carboxylic acids is 1. The van der Waals surface area contributed by atoms with E-state index in [1.54, 1.807) is 0 Å². The molecule has 5 nitrogen and oxygen atoms in total. The van der Waals surface area contributed by atoms with E-state index in [0.717, 1.165) is 61.0 Å². The summed E-state index contributed by atoms with van der Waals surface area (Å²) in [6.07, 6.45) is 8.83. The van der Waals surface area contributed by atoms with Crippen LogP contribution in [0.1, 0.15) is 63.7 Å². The number of rotatable bonds is 5. The summed E-state index contributed by atoms with van der Waals surface area (Å²) in [7, 11) is 0. The van der Waals surface area contributed by atoms with Crippen LogP contribution in [0.3, 0.4) is 0 Å². The van der Waals surface area contributed by atoms with Crippen molar-refractivity contribution in [3.8, 4) is 5.75 Å². The van der Waals surface area contributed by atoms with Crippen LogP contribution in [0, 0.1) is 11.8 Å². The van der Waals surface area contributed by atoms with Gasteiger partial charge in [0, 0.05) is 47.6 Å². The zero-order valence-corrected chi connectivity index (χ0v) is 22.2. The number of hydrogen-bond donors (Lipinski definition) is 1. The van der Waals surface area contributed by atoms with Gasteiger partial charge in [0.1, 0.15) is 11.4 Å². The van der Waals surface area contributed by atoms with Crippen molar-refractivity contribution >= 4 is 16.8 Å². The van der Waals surface area contributed by atoms with Gasteiger partial charge in [0.2, 0.25) is 5.91 Å². The zero-order chi connectivity index (χ0) is 25.6. The SMILES string of the molecule is CC(C)=CCC[C@@]1(C)Oc2ccccc2[C@H]2O[C@H]3CCN(C(=O)Cc4c[nH]c5ccccc45)C[C@@H]3C[C@@H]21. The van der Waals surface area contributed by atoms with Crippen molar-refractivity contribution in [2.24, 2.45) is 11.8 Å². The average Bonchev–Trinajstić information content (AvgIpc) is 3.30. The number of nitrogens with zero attached hydrogens (tertiary/aromatic N) is 1. The van der Waals surface area contributed by atoms with E-state index >= 15 is 0 Å². The summed E-state index contributed by atoms with van der Waals surface area (Å²) in [6.45, 7) is 8.10. The third-order valence-electron chi connectivity index (χ3n) is 8.82. The predicted molar refractivity (Wildman–Crippen MR) is 147 cm³/mol. The van der Waals surface area contributed by atoms with E-state index in [1.165, 1.54) is 11.1 Å². The van der Waals surface area contributed by atoms with E-state index in [4.69, 9.17) is 9.47 Å². The Morgan fingerprint density at radius 2 is 1.97 bits per heavy atom. The van der Waals surface area contributed by atoms with Crippen LogP contribution in [0.25, 0.3) is 10.9 Å². The number of benzene rings is 2. The summed E-state index contributed by atoms with van der Waals surface area (Å²) >= 11 is 0. The topological polar surface area (TPSA) is 54.6 Å². The maximum absolute atomic E-state index is 13.4. The highest BCUT2D eigenvalue weighted by atomic mass is 16.5. The monoisotopic (exact) mass is 498 g/mol. The van der Waals surface area contributed by atoms with Crippen LogP contribution in [0.4, 0.5) is 0 Å². The number of piperidine rings is 1. The molecule has 3 aliphatic heterocycles. The van der Waals surface area contributed by atoms with Crippen LogP contribution >= 0.6 is 0 Å². The quantitative estimate of drug-likeness (QED) is 0.403. The number of ether oxygens (including phenoxy) is 2. The highest BCUT2D eigenvalue weighted by Gasteiger charge is 2.53. The Morgan fingerprint density at radius 1 is 1.16 bits per heavy atom. The molecule has 1 aromatic heterocycles. The molecule has 1 amide bonds. The maximum atomic E-state index is 13.4. The second kappa shape index (κ2) is 9.68. The van der Waals surface area contributed by atoms with Crippen molar-refractivity contribution in [3.63, 3.8) is 0 Å². The van der Waals surface area contributed by atoms with Crippen LogP contribution in [0.5, 0.6) is 5.75 Å². The molecule has 0 spiro atoms. The molecule has 0 aliphatic carbocycles. The van der Waals surface area contributed by atoms with Crippen molar-refractivity contribution in [1.29, 1.82) is 0 Å². The van der Waals surface area contributed by atoms with Gasteiger partial charge in [-0.15, -0.1) is 0 Å². The number of H-pyrrole nitrogens is 1. The van der Waals surface area contributed by atoms with Crippen molar-refractivity contribution in [3.05, 3.63) is 77.5 Å². The van der Waals surface area contributed by atoms with E-state index in [-0.39, 0.29) is 29.6 Å². The van der Waals surface area contributed by atoms with E-state index in [9.17, 15) is 4.79 Å². The number of allylic oxidation sites excluding steroid dienone is 2. The largest absolute Gasteiger partial charge is 0.487 e. The third-order valence-corrected chi connectivity index (χ3v) is 8.82. The van der Waals surface area contributed by atoms with Gasteiger partial charge in [-0.1, -0.05) is 48.0 Å². The van der Waals surface area contributed by atoms with Gasteiger partial charge in [0.05, 0.1) is 18.6 Å². The minimum atomic E-state index is -0.299. The summed E-state index contributed by atoms with van der Waals surface area (Å²) in [5.41, 5.74) is 4.38. The van der Waals surface area contributed by atoms with Gasteiger partial charge in [0.25, 0.3) is 0 Å². The van der Waals surface area contributed by atoms with Crippen LogP contribution in [-0.4, -0.2) is 40.6 Å². The third kappa shape index (κ3) is 4.59. The number of hydrogen-bond acceptors (Lipinski definition) is 3. The van der Waals surface area contributed by atoms with Gasteiger partial charge in [-0.2, -0.15) is 0 Å². The summed E-state index contributed by atoms with van der Waals surface area (Å²) in [6, 6.07) is 16.6. The number of amides is 1. The van der Waals surface area contributed by atoms with Crippen molar-refractivity contribution in [2.75, 3.05) is 13.1 Å². The van der Waals surface area contributed by atoms with Crippen LogP contribution in [0.15, 0.2) is 66.4 Å².